The second kappa shape index (κ2) is 17.1. The molecule has 0 saturated carbocycles. The van der Waals surface area contributed by atoms with E-state index in [-0.39, 0.29) is 0 Å². The largest absolute Gasteiger partial charge is 0.480 e. The maximum atomic E-state index is 11.4. The summed E-state index contributed by atoms with van der Waals surface area (Å²) >= 11 is 1.62. The third-order valence-electron chi connectivity index (χ3n) is 6.03. The van der Waals surface area contributed by atoms with E-state index >= 15 is 0 Å². The molecule has 0 aliphatic carbocycles. The number of thioether (sulfide) groups is 1. The minimum atomic E-state index is -0.875. The first-order chi connectivity index (χ1) is 15.3. The minimum Gasteiger partial charge on any atom is -0.480 e. The summed E-state index contributed by atoms with van der Waals surface area (Å²) in [6, 6.07) is -0.669. The first kappa shape index (κ1) is 28.6. The lowest BCUT2D eigenvalue weighted by atomic mass is 9.91. The molecule has 184 valence electrons. The van der Waals surface area contributed by atoms with E-state index in [2.05, 4.69) is 51.0 Å². The van der Waals surface area contributed by atoms with Crippen LogP contribution in [-0.2, 0) is 4.79 Å². The van der Waals surface area contributed by atoms with E-state index in [9.17, 15) is 9.90 Å². The van der Waals surface area contributed by atoms with Crippen LogP contribution in [0.25, 0.3) is 0 Å². The Bertz CT molecular complexity index is 631. The third kappa shape index (κ3) is 14.6. The second-order valence-electron chi connectivity index (χ2n) is 9.86. The van der Waals surface area contributed by atoms with Gasteiger partial charge in [0.15, 0.2) is 12.2 Å². The normalized spacial score (nSPS) is 15.0. The molecule has 5 nitrogen and oxygen atoms in total. The Kier molecular flexibility index (Phi) is 15.3. The molecule has 1 heterocycles. The van der Waals surface area contributed by atoms with Gasteiger partial charge in [0.05, 0.1) is 0 Å². The number of allylic oxidation sites excluding steroid dienone is 1. The summed E-state index contributed by atoms with van der Waals surface area (Å²) in [4.78, 5) is 15.3. The van der Waals surface area contributed by atoms with Crippen molar-refractivity contribution in [3.05, 3.63) is 24.3 Å². The Morgan fingerprint density at radius 3 is 2.28 bits per heavy atom. The molecule has 1 rings (SSSR count). The number of rotatable bonds is 19. The maximum absolute atomic E-state index is 11.4. The van der Waals surface area contributed by atoms with Gasteiger partial charge in [0.25, 0.3) is 0 Å². The average Bonchev–Trinajstić information content (AvgIpc) is 3.23. The highest BCUT2D eigenvalue weighted by Crippen LogP contribution is 2.22. The molecule has 0 aromatic carbocycles. The zero-order valence-corrected chi connectivity index (χ0v) is 21.8. The third-order valence-corrected chi connectivity index (χ3v) is 7.00. The number of nitrogens with zero attached hydrogens (tertiary/aromatic N) is 1. The summed E-state index contributed by atoms with van der Waals surface area (Å²) in [6.07, 6.45) is 16.8. The van der Waals surface area contributed by atoms with E-state index in [1.54, 1.807) is 11.8 Å². The van der Waals surface area contributed by atoms with Crippen LogP contribution in [-0.4, -0.2) is 33.6 Å². The molecule has 1 aromatic heterocycles. The van der Waals surface area contributed by atoms with Crippen molar-refractivity contribution < 1.29 is 14.3 Å². The number of hydrogen-bond donors (Lipinski definition) is 2. The molecule has 0 amide bonds. The van der Waals surface area contributed by atoms with Crippen molar-refractivity contribution >= 4 is 23.5 Å². The van der Waals surface area contributed by atoms with Gasteiger partial charge >= 0.3 is 5.97 Å². The number of carboxylic acids is 1. The van der Waals surface area contributed by atoms with Gasteiger partial charge in [-0.25, -0.2) is 4.79 Å². The zero-order valence-electron chi connectivity index (χ0n) is 20.9. The van der Waals surface area contributed by atoms with Gasteiger partial charge in [0.2, 0.25) is 0 Å². The molecule has 3 unspecified atom stereocenters. The first-order valence-electron chi connectivity index (χ1n) is 12.4. The van der Waals surface area contributed by atoms with Gasteiger partial charge in [0.1, 0.15) is 12.3 Å². The fourth-order valence-electron chi connectivity index (χ4n) is 3.83. The van der Waals surface area contributed by atoms with Crippen molar-refractivity contribution in [3.63, 3.8) is 0 Å². The van der Waals surface area contributed by atoms with Crippen LogP contribution in [0.2, 0.25) is 0 Å². The molecule has 0 radical (unpaired) electrons. The molecule has 32 heavy (non-hydrogen) atoms. The quantitative estimate of drug-likeness (QED) is 0.161. The van der Waals surface area contributed by atoms with Gasteiger partial charge in [-0.1, -0.05) is 84.3 Å². The molecule has 0 aliphatic rings. The van der Waals surface area contributed by atoms with Gasteiger partial charge < -0.3 is 14.8 Å². The average molecular weight is 467 g/mol. The smallest absolute Gasteiger partial charge is 0.327 e. The van der Waals surface area contributed by atoms with E-state index in [0.717, 1.165) is 29.9 Å². The highest BCUT2D eigenvalue weighted by Gasteiger charge is 2.17. The highest BCUT2D eigenvalue weighted by molar-refractivity contribution is 7.99. The van der Waals surface area contributed by atoms with Crippen LogP contribution in [0.4, 0.5) is 5.82 Å². The van der Waals surface area contributed by atoms with Gasteiger partial charge in [-0.15, -0.1) is 0 Å². The number of anilines is 1. The topological polar surface area (TPSA) is 75.4 Å². The van der Waals surface area contributed by atoms with Crippen molar-refractivity contribution in [1.82, 2.24) is 4.98 Å². The van der Waals surface area contributed by atoms with Crippen LogP contribution in [0, 0.1) is 17.8 Å². The van der Waals surface area contributed by atoms with Crippen LogP contribution < -0.4 is 5.32 Å². The van der Waals surface area contributed by atoms with Crippen molar-refractivity contribution in [2.24, 2.45) is 17.8 Å². The Balaban J connectivity index is 2.10. The molecule has 0 bridgehead atoms. The van der Waals surface area contributed by atoms with Crippen LogP contribution in [0.15, 0.2) is 28.7 Å². The van der Waals surface area contributed by atoms with E-state index in [1.165, 1.54) is 69.6 Å². The van der Waals surface area contributed by atoms with Crippen LogP contribution >= 0.6 is 11.8 Å². The second-order valence-corrected chi connectivity index (χ2v) is 10.9. The zero-order chi connectivity index (χ0) is 23.8. The lowest BCUT2D eigenvalue weighted by molar-refractivity contribution is -0.137. The molecule has 0 spiro atoms. The molecule has 0 fully saturated rings. The summed E-state index contributed by atoms with van der Waals surface area (Å²) < 4.78 is 4.88. The molecule has 3 atom stereocenters. The van der Waals surface area contributed by atoms with Crippen molar-refractivity contribution in [2.45, 2.75) is 98.4 Å². The Hall–Kier alpha value is -1.43. The van der Waals surface area contributed by atoms with E-state index in [1.807, 2.05) is 0 Å². The van der Waals surface area contributed by atoms with E-state index in [0.29, 0.717) is 11.6 Å². The first-order valence-corrected chi connectivity index (χ1v) is 13.5. The number of aromatic nitrogens is 1. The lowest BCUT2D eigenvalue weighted by Crippen LogP contribution is -2.31. The predicted molar refractivity (Wildman–Crippen MR) is 137 cm³/mol. The Morgan fingerprint density at radius 2 is 1.72 bits per heavy atom. The molecular weight excluding hydrogens is 420 g/mol. The van der Waals surface area contributed by atoms with E-state index < -0.39 is 12.0 Å². The molecular formula is C26H46N2O3S. The summed E-state index contributed by atoms with van der Waals surface area (Å²) in [7, 11) is 0. The fourth-order valence-corrected chi connectivity index (χ4v) is 4.83. The summed E-state index contributed by atoms with van der Waals surface area (Å²) in [5.74, 6) is 3.41. The van der Waals surface area contributed by atoms with Crippen molar-refractivity contribution in [3.8, 4) is 0 Å². The van der Waals surface area contributed by atoms with Gasteiger partial charge in [-0.2, -0.15) is 16.7 Å². The van der Waals surface area contributed by atoms with Gasteiger partial charge in [0, 0.05) is 11.5 Å². The summed E-state index contributed by atoms with van der Waals surface area (Å²) in [5.41, 5.74) is 1.40. The van der Waals surface area contributed by atoms with Gasteiger partial charge in [-0.3, -0.25) is 0 Å². The molecule has 1 aromatic rings. The molecule has 0 aliphatic heterocycles. The van der Waals surface area contributed by atoms with Crippen LogP contribution in [0.3, 0.4) is 0 Å². The summed E-state index contributed by atoms with van der Waals surface area (Å²) in [5, 5.41) is 12.2. The number of carboxylic acid groups (broad SMARTS) is 1. The predicted octanol–water partition coefficient (Wildman–Crippen LogP) is 7.66. The maximum Gasteiger partial charge on any atom is 0.327 e. The monoisotopic (exact) mass is 466 g/mol. The molecule has 0 saturated heterocycles. The number of oxazole rings is 1. The number of carbonyl (C=O) groups is 1. The lowest BCUT2D eigenvalue weighted by Gasteiger charge is -2.15. The standard InChI is InChI=1S/C26H46N2O3S/c1-20(2)9-6-10-21(3)11-7-12-22(4)13-8-14-23(5)15-16-32-18-24(26(29)30)28-25-17-31-19-27-25/h15,17,19-22,24,28H,6-14,16,18H2,1-5H3,(H,29,30)/b23-15+. The Labute approximate surface area is 200 Å². The van der Waals surface area contributed by atoms with Crippen molar-refractivity contribution in [2.75, 3.05) is 16.8 Å². The fraction of sp³-hybridized carbons (Fsp3) is 0.769. The summed E-state index contributed by atoms with van der Waals surface area (Å²) in [6.45, 7) is 11.6. The van der Waals surface area contributed by atoms with Gasteiger partial charge in [-0.05, 0) is 37.5 Å². The SMILES string of the molecule is C/C(=C\CSCC(Nc1cocn1)C(=O)O)CCCC(C)CCCC(C)CCCC(C)C. The number of aliphatic carboxylic acids is 1. The van der Waals surface area contributed by atoms with Crippen LogP contribution in [0.1, 0.15) is 92.4 Å². The number of nitrogens with one attached hydrogen (secondary N) is 1. The molecule has 6 heteroatoms. The Morgan fingerprint density at radius 1 is 1.09 bits per heavy atom. The highest BCUT2D eigenvalue weighted by atomic mass is 32.2. The van der Waals surface area contributed by atoms with Crippen LogP contribution in [0.5, 0.6) is 0 Å². The molecule has 2 N–H and O–H groups in total. The van der Waals surface area contributed by atoms with Crippen molar-refractivity contribution in [1.29, 1.82) is 0 Å². The number of hydrogen-bond acceptors (Lipinski definition) is 5. The minimum absolute atomic E-state index is 0.458. The van der Waals surface area contributed by atoms with E-state index in [4.69, 9.17) is 4.42 Å².